The molecule has 1 unspecified atom stereocenters. The minimum atomic E-state index is 0.121. The van der Waals surface area contributed by atoms with Crippen LogP contribution in [0.25, 0.3) is 0 Å². The van der Waals surface area contributed by atoms with E-state index in [0.717, 1.165) is 30.7 Å². The highest BCUT2D eigenvalue weighted by Gasteiger charge is 2.30. The minimum Gasteiger partial charge on any atom is -0.467 e. The Kier molecular flexibility index (Phi) is 6.51. The van der Waals surface area contributed by atoms with Crippen molar-refractivity contribution in [2.45, 2.75) is 52.6 Å². The predicted molar refractivity (Wildman–Crippen MR) is 95.6 cm³/mol. The summed E-state index contributed by atoms with van der Waals surface area (Å²) in [6.45, 7) is 13.7. The molecule has 1 aliphatic rings. The molecule has 0 aromatic carbocycles. The topological polar surface area (TPSA) is 52.8 Å². The number of furan rings is 1. The first-order chi connectivity index (χ1) is 11.0. The Hall–Kier alpha value is -1.49. The van der Waals surface area contributed by atoms with Crippen LogP contribution in [0.5, 0.6) is 0 Å². The zero-order valence-corrected chi connectivity index (χ0v) is 15.1. The molecule has 1 atom stereocenters. The van der Waals surface area contributed by atoms with Crippen molar-refractivity contribution in [3.63, 3.8) is 0 Å². The first kappa shape index (κ1) is 17.9. The fraction of sp³-hybridized carbons (Fsp3) is 0.722. The monoisotopic (exact) mass is 320 g/mol. The van der Waals surface area contributed by atoms with Crippen molar-refractivity contribution in [3.8, 4) is 0 Å². The molecule has 130 valence electrons. The lowest BCUT2D eigenvalue weighted by Gasteiger charge is -2.43. The van der Waals surface area contributed by atoms with Crippen LogP contribution in [0.2, 0.25) is 0 Å². The first-order valence-electron chi connectivity index (χ1n) is 8.81. The van der Waals surface area contributed by atoms with Gasteiger partial charge in [-0.3, -0.25) is 4.90 Å². The van der Waals surface area contributed by atoms with E-state index in [4.69, 9.17) is 4.42 Å². The van der Waals surface area contributed by atoms with E-state index in [-0.39, 0.29) is 5.54 Å². The Bertz CT molecular complexity index is 481. The highest BCUT2D eigenvalue weighted by molar-refractivity contribution is 5.79. The number of aliphatic imine (C=N–C) groups is 1. The van der Waals surface area contributed by atoms with Gasteiger partial charge in [-0.2, -0.15) is 0 Å². The molecule has 0 aliphatic carbocycles. The molecule has 2 heterocycles. The fourth-order valence-electron chi connectivity index (χ4n) is 3.05. The Balaban J connectivity index is 1.90. The van der Waals surface area contributed by atoms with Gasteiger partial charge in [-0.05, 0) is 58.2 Å². The summed E-state index contributed by atoms with van der Waals surface area (Å²) in [6.07, 6.45) is 4.34. The van der Waals surface area contributed by atoms with Crippen LogP contribution in [0, 0.1) is 5.92 Å². The number of piperidine rings is 1. The van der Waals surface area contributed by atoms with Crippen LogP contribution in [0.1, 0.15) is 46.3 Å². The van der Waals surface area contributed by atoms with E-state index in [1.54, 1.807) is 6.26 Å². The standard InChI is InChI=1S/C18H32N4O/c1-5-19-17(20-12-16-9-7-11-23-16)21-14-18(3,4)22-10-6-8-15(2)13-22/h7,9,11,15H,5-6,8,10,12-14H2,1-4H3,(H2,19,20,21). The van der Waals surface area contributed by atoms with Gasteiger partial charge in [0.05, 0.1) is 6.26 Å². The number of rotatable bonds is 6. The average Bonchev–Trinajstić information content (AvgIpc) is 3.03. The molecule has 1 aromatic rings. The summed E-state index contributed by atoms with van der Waals surface area (Å²) >= 11 is 0. The summed E-state index contributed by atoms with van der Waals surface area (Å²) in [5.74, 6) is 2.53. The summed E-state index contributed by atoms with van der Waals surface area (Å²) in [5.41, 5.74) is 0.121. The summed E-state index contributed by atoms with van der Waals surface area (Å²) < 4.78 is 5.34. The van der Waals surface area contributed by atoms with Crippen molar-refractivity contribution in [3.05, 3.63) is 24.2 Å². The van der Waals surface area contributed by atoms with Gasteiger partial charge < -0.3 is 15.1 Å². The first-order valence-corrected chi connectivity index (χ1v) is 8.81. The third kappa shape index (κ3) is 5.57. The van der Waals surface area contributed by atoms with Gasteiger partial charge in [-0.25, -0.2) is 4.99 Å². The maximum Gasteiger partial charge on any atom is 0.191 e. The van der Waals surface area contributed by atoms with Crippen molar-refractivity contribution in [2.75, 3.05) is 26.2 Å². The number of nitrogens with one attached hydrogen (secondary N) is 2. The summed E-state index contributed by atoms with van der Waals surface area (Å²) in [6, 6.07) is 3.85. The molecule has 1 fully saturated rings. The molecule has 1 aromatic heterocycles. The molecule has 0 amide bonds. The minimum absolute atomic E-state index is 0.121. The molecule has 2 N–H and O–H groups in total. The Labute approximate surface area is 140 Å². The van der Waals surface area contributed by atoms with Gasteiger partial charge in [0.1, 0.15) is 12.3 Å². The Morgan fingerprint density at radius 1 is 1.43 bits per heavy atom. The molecule has 0 saturated carbocycles. The second-order valence-corrected chi connectivity index (χ2v) is 7.13. The van der Waals surface area contributed by atoms with E-state index in [9.17, 15) is 0 Å². The largest absolute Gasteiger partial charge is 0.467 e. The van der Waals surface area contributed by atoms with Gasteiger partial charge in [0.25, 0.3) is 0 Å². The zero-order valence-electron chi connectivity index (χ0n) is 15.1. The molecule has 1 saturated heterocycles. The number of guanidine groups is 1. The summed E-state index contributed by atoms with van der Waals surface area (Å²) in [4.78, 5) is 7.20. The van der Waals surface area contributed by atoms with Crippen LogP contribution < -0.4 is 10.6 Å². The smallest absolute Gasteiger partial charge is 0.191 e. The molecule has 0 radical (unpaired) electrons. The number of hydrogen-bond donors (Lipinski definition) is 2. The van der Waals surface area contributed by atoms with Crippen molar-refractivity contribution in [1.82, 2.24) is 15.5 Å². The third-order valence-corrected chi connectivity index (χ3v) is 4.52. The second-order valence-electron chi connectivity index (χ2n) is 7.13. The third-order valence-electron chi connectivity index (χ3n) is 4.52. The van der Waals surface area contributed by atoms with Crippen molar-refractivity contribution >= 4 is 5.96 Å². The maximum absolute atomic E-state index is 5.34. The van der Waals surface area contributed by atoms with Gasteiger partial charge in [-0.1, -0.05) is 6.92 Å². The second kappa shape index (κ2) is 8.39. The van der Waals surface area contributed by atoms with Crippen molar-refractivity contribution in [1.29, 1.82) is 0 Å². The van der Waals surface area contributed by atoms with Gasteiger partial charge in [0, 0.05) is 25.2 Å². The molecule has 5 nitrogen and oxygen atoms in total. The molecule has 1 aliphatic heterocycles. The van der Waals surface area contributed by atoms with Crippen LogP contribution in [0.3, 0.4) is 0 Å². The van der Waals surface area contributed by atoms with Crippen LogP contribution >= 0.6 is 0 Å². The normalized spacial score (nSPS) is 20.5. The molecular formula is C18H32N4O. The Morgan fingerprint density at radius 3 is 2.91 bits per heavy atom. The number of nitrogens with zero attached hydrogens (tertiary/aromatic N) is 2. The highest BCUT2D eigenvalue weighted by atomic mass is 16.3. The van der Waals surface area contributed by atoms with Gasteiger partial charge >= 0.3 is 0 Å². The molecule has 2 rings (SSSR count). The van der Waals surface area contributed by atoms with E-state index < -0.39 is 0 Å². The van der Waals surface area contributed by atoms with Crippen LogP contribution in [-0.4, -0.2) is 42.6 Å². The lowest BCUT2D eigenvalue weighted by atomic mass is 9.93. The lowest BCUT2D eigenvalue weighted by Crippen LogP contribution is -2.55. The zero-order chi connectivity index (χ0) is 16.7. The molecular weight excluding hydrogens is 288 g/mol. The fourth-order valence-corrected chi connectivity index (χ4v) is 3.05. The van der Waals surface area contributed by atoms with E-state index in [1.165, 1.54) is 25.9 Å². The maximum atomic E-state index is 5.34. The number of likely N-dealkylation sites (tertiary alicyclic amines) is 1. The van der Waals surface area contributed by atoms with Crippen molar-refractivity contribution < 1.29 is 4.42 Å². The van der Waals surface area contributed by atoms with Gasteiger partial charge in [-0.15, -0.1) is 0 Å². The van der Waals surface area contributed by atoms with E-state index >= 15 is 0 Å². The predicted octanol–water partition coefficient (Wildman–Crippen LogP) is 2.85. The average molecular weight is 320 g/mol. The quantitative estimate of drug-likeness (QED) is 0.625. The van der Waals surface area contributed by atoms with E-state index in [2.05, 4.69) is 48.2 Å². The van der Waals surface area contributed by atoms with Crippen LogP contribution in [0.4, 0.5) is 0 Å². The summed E-state index contributed by atoms with van der Waals surface area (Å²) in [7, 11) is 0. The summed E-state index contributed by atoms with van der Waals surface area (Å²) in [5, 5.41) is 6.80. The van der Waals surface area contributed by atoms with Crippen LogP contribution in [-0.2, 0) is 6.54 Å². The van der Waals surface area contributed by atoms with Gasteiger partial charge in [0.2, 0.25) is 0 Å². The highest BCUT2D eigenvalue weighted by Crippen LogP contribution is 2.23. The number of hydrogen-bond acceptors (Lipinski definition) is 3. The SMILES string of the molecule is CCNC(=NCc1ccco1)NCC(C)(C)N1CCCC(C)C1. The van der Waals surface area contributed by atoms with E-state index in [1.807, 2.05) is 12.1 Å². The van der Waals surface area contributed by atoms with Crippen LogP contribution in [0.15, 0.2) is 27.8 Å². The molecule has 0 bridgehead atoms. The van der Waals surface area contributed by atoms with Gasteiger partial charge in [0.15, 0.2) is 5.96 Å². The molecule has 0 spiro atoms. The van der Waals surface area contributed by atoms with Crippen molar-refractivity contribution in [2.24, 2.45) is 10.9 Å². The lowest BCUT2D eigenvalue weighted by molar-refractivity contribution is 0.0739. The molecule has 23 heavy (non-hydrogen) atoms. The Morgan fingerprint density at radius 2 is 2.26 bits per heavy atom. The van der Waals surface area contributed by atoms with E-state index in [0.29, 0.717) is 6.54 Å². The molecule has 5 heteroatoms.